The summed E-state index contributed by atoms with van der Waals surface area (Å²) in [5.41, 5.74) is 0.554. The van der Waals surface area contributed by atoms with Crippen molar-refractivity contribution in [2.75, 3.05) is 11.4 Å². The molecule has 246 valence electrons. The Bertz CT molecular complexity index is 2130. The third kappa shape index (κ3) is 4.41. The van der Waals surface area contributed by atoms with Gasteiger partial charge in [-0.15, -0.1) is 0 Å². The fourth-order valence-electron chi connectivity index (χ4n) is 9.14. The van der Waals surface area contributed by atoms with E-state index in [-0.39, 0.29) is 31.6 Å². The zero-order valence-corrected chi connectivity index (χ0v) is 26.9. The van der Waals surface area contributed by atoms with E-state index in [0.29, 0.717) is 32.8 Å². The van der Waals surface area contributed by atoms with Crippen molar-refractivity contribution in [3.63, 3.8) is 0 Å². The van der Waals surface area contributed by atoms with Crippen molar-refractivity contribution in [1.29, 1.82) is 0 Å². The molecule has 0 radical (unpaired) electrons. The minimum Gasteiger partial charge on any atom is -0.508 e. The van der Waals surface area contributed by atoms with Crippen molar-refractivity contribution in [3.8, 4) is 5.75 Å². The van der Waals surface area contributed by atoms with E-state index in [0.717, 1.165) is 10.3 Å². The summed E-state index contributed by atoms with van der Waals surface area (Å²) in [4.78, 5) is 71.7. The second kappa shape index (κ2) is 11.4. The number of hydrogen-bond acceptors (Lipinski definition) is 6. The van der Waals surface area contributed by atoms with Gasteiger partial charge in [0.2, 0.25) is 23.6 Å². The zero-order valence-electron chi connectivity index (χ0n) is 26.2. The van der Waals surface area contributed by atoms with Crippen LogP contribution in [-0.2, 0) is 29.4 Å². The van der Waals surface area contributed by atoms with Crippen LogP contribution in [0.4, 0.5) is 5.69 Å². The summed E-state index contributed by atoms with van der Waals surface area (Å²) in [7, 11) is 0. The highest BCUT2D eigenvalue weighted by Gasteiger charge is 2.70. The van der Waals surface area contributed by atoms with Gasteiger partial charge in [0.1, 0.15) is 5.75 Å². The van der Waals surface area contributed by atoms with Gasteiger partial charge in [-0.05, 0) is 59.4 Å². The second-order valence-electron chi connectivity index (χ2n) is 13.3. The number of phenolic OH excluding ortho intramolecular Hbond substituents is 1. The van der Waals surface area contributed by atoms with Gasteiger partial charge in [-0.25, -0.2) is 4.90 Å². The molecule has 4 amide bonds. The summed E-state index contributed by atoms with van der Waals surface area (Å²) in [5, 5.41) is 23.0. The molecule has 2 aliphatic heterocycles. The van der Waals surface area contributed by atoms with Gasteiger partial charge in [-0.1, -0.05) is 90.0 Å². The second-order valence-corrected chi connectivity index (χ2v) is 13.7. The van der Waals surface area contributed by atoms with Gasteiger partial charge in [0.05, 0.1) is 35.3 Å². The first-order chi connectivity index (χ1) is 23.6. The van der Waals surface area contributed by atoms with Crippen LogP contribution in [0.3, 0.4) is 0 Å². The number of nitrogens with zero attached hydrogens (tertiary/aromatic N) is 2. The number of aromatic hydroxyl groups is 1. The molecule has 6 atom stereocenters. The number of rotatable bonds is 6. The average molecular weight is 675 g/mol. The molecule has 10 heteroatoms. The van der Waals surface area contributed by atoms with Crippen molar-refractivity contribution in [2.24, 2.45) is 23.7 Å². The average Bonchev–Trinajstić information content (AvgIpc) is 3.48. The maximum atomic E-state index is 15.4. The van der Waals surface area contributed by atoms with Crippen LogP contribution in [0.1, 0.15) is 36.3 Å². The third-order valence-corrected chi connectivity index (χ3v) is 11.3. The van der Waals surface area contributed by atoms with Gasteiger partial charge in [-0.2, -0.15) is 0 Å². The van der Waals surface area contributed by atoms with Gasteiger partial charge < -0.3 is 10.2 Å². The van der Waals surface area contributed by atoms with Gasteiger partial charge in [0.25, 0.3) is 0 Å². The molecular formula is C39H31ClN2O7. The molecule has 0 spiro atoms. The number of imide groups is 2. The summed E-state index contributed by atoms with van der Waals surface area (Å²) < 4.78 is 0. The molecule has 4 aliphatic rings. The quantitative estimate of drug-likeness (QED) is 0.194. The topological polar surface area (TPSA) is 132 Å². The predicted octanol–water partition coefficient (Wildman–Crippen LogP) is 5.84. The molecule has 0 aromatic heterocycles. The van der Waals surface area contributed by atoms with E-state index >= 15 is 4.79 Å². The number of phenols is 1. The van der Waals surface area contributed by atoms with Crippen LogP contribution in [-0.4, -0.2) is 51.3 Å². The molecule has 2 saturated heterocycles. The van der Waals surface area contributed by atoms with Crippen molar-refractivity contribution >= 4 is 57.7 Å². The van der Waals surface area contributed by atoms with Gasteiger partial charge in [0, 0.05) is 23.0 Å². The fraction of sp³-hybridized carbons (Fsp3) is 0.256. The van der Waals surface area contributed by atoms with Crippen molar-refractivity contribution in [2.45, 2.75) is 30.6 Å². The van der Waals surface area contributed by atoms with Crippen molar-refractivity contribution in [1.82, 2.24) is 4.90 Å². The molecule has 0 unspecified atom stereocenters. The lowest BCUT2D eigenvalue weighted by Crippen LogP contribution is -2.53. The number of carboxylic acid groups (broad SMARTS) is 1. The Labute approximate surface area is 286 Å². The van der Waals surface area contributed by atoms with Crippen LogP contribution in [0.25, 0.3) is 10.8 Å². The van der Waals surface area contributed by atoms with Crippen LogP contribution in [0.5, 0.6) is 5.75 Å². The van der Waals surface area contributed by atoms with Crippen molar-refractivity contribution < 1.29 is 34.2 Å². The Morgan fingerprint density at radius 1 is 0.857 bits per heavy atom. The standard InChI is InChI=1S/C39H31ClN2O7/c40-23-10-6-11-24(19-23)42-36(47)29-20-28-26(14-15-27-32(28)37(48)41(35(27)46)18-17-31(44)45)34(39(29,38(42)49)22-8-2-1-3-9-22)33-25-12-5-4-7-21(25)13-16-30(33)43/h1-14,16,19,27-29,32,34,43H,15,17-18,20H2,(H,44,45)/t27-,28+,29-,32-,34+,39+/m0/s1. The van der Waals surface area contributed by atoms with E-state index < -0.39 is 64.6 Å². The Hall–Kier alpha value is -5.28. The first kappa shape index (κ1) is 31.0. The molecule has 2 heterocycles. The number of aliphatic carboxylic acids is 1. The lowest BCUT2D eigenvalue weighted by molar-refractivity contribution is -0.142. The Morgan fingerprint density at radius 2 is 1.61 bits per heavy atom. The maximum absolute atomic E-state index is 15.4. The monoisotopic (exact) mass is 674 g/mol. The Morgan fingerprint density at radius 3 is 2.37 bits per heavy atom. The molecule has 0 bridgehead atoms. The lowest BCUT2D eigenvalue weighted by Gasteiger charge is -2.51. The highest BCUT2D eigenvalue weighted by molar-refractivity contribution is 6.32. The lowest BCUT2D eigenvalue weighted by atomic mass is 9.48. The van der Waals surface area contributed by atoms with Gasteiger partial charge >= 0.3 is 5.97 Å². The van der Waals surface area contributed by atoms with E-state index in [1.807, 2.05) is 60.7 Å². The highest BCUT2D eigenvalue weighted by Crippen LogP contribution is 2.65. The molecule has 2 aliphatic carbocycles. The van der Waals surface area contributed by atoms with Crippen LogP contribution in [0.15, 0.2) is 103 Å². The Kier molecular flexibility index (Phi) is 7.22. The Balaban J connectivity index is 1.41. The first-order valence-electron chi connectivity index (χ1n) is 16.3. The van der Waals surface area contributed by atoms with E-state index in [1.165, 1.54) is 4.90 Å². The molecule has 49 heavy (non-hydrogen) atoms. The minimum absolute atomic E-state index is 0.0557. The van der Waals surface area contributed by atoms with Gasteiger partial charge in [-0.3, -0.25) is 28.9 Å². The number of fused-ring (bicyclic) bond motifs is 5. The van der Waals surface area contributed by atoms with Crippen molar-refractivity contribution in [3.05, 3.63) is 119 Å². The third-order valence-electron chi connectivity index (χ3n) is 11.0. The van der Waals surface area contributed by atoms with Gasteiger partial charge in [0.15, 0.2) is 0 Å². The smallest absolute Gasteiger partial charge is 0.305 e. The van der Waals surface area contributed by atoms with Crippen LogP contribution >= 0.6 is 11.6 Å². The number of likely N-dealkylation sites (tertiary alicyclic amines) is 1. The number of carbonyl (C=O) groups excluding carboxylic acids is 4. The number of benzene rings is 4. The summed E-state index contributed by atoms with van der Waals surface area (Å²) in [5.74, 6) is -7.09. The number of amides is 4. The number of allylic oxidation sites excluding steroid dienone is 2. The largest absolute Gasteiger partial charge is 0.508 e. The van der Waals surface area contributed by atoms with Crippen LogP contribution < -0.4 is 4.90 Å². The van der Waals surface area contributed by atoms with E-state index in [4.69, 9.17) is 11.6 Å². The summed E-state index contributed by atoms with van der Waals surface area (Å²) >= 11 is 6.38. The number of carbonyl (C=O) groups is 5. The molecule has 9 nitrogen and oxygen atoms in total. The molecule has 3 fully saturated rings. The first-order valence-corrected chi connectivity index (χ1v) is 16.7. The number of halogens is 1. The molecular weight excluding hydrogens is 644 g/mol. The normalized spacial score (nSPS) is 27.6. The summed E-state index contributed by atoms with van der Waals surface area (Å²) in [6.07, 6.45) is 1.83. The highest BCUT2D eigenvalue weighted by atomic mass is 35.5. The van der Waals surface area contributed by atoms with E-state index in [9.17, 15) is 29.4 Å². The van der Waals surface area contributed by atoms with E-state index in [2.05, 4.69) is 0 Å². The minimum atomic E-state index is -1.54. The molecule has 4 aromatic carbocycles. The predicted molar refractivity (Wildman–Crippen MR) is 181 cm³/mol. The van der Waals surface area contributed by atoms with E-state index in [1.54, 1.807) is 36.4 Å². The zero-order chi connectivity index (χ0) is 34.2. The van der Waals surface area contributed by atoms with Crippen LogP contribution in [0.2, 0.25) is 5.02 Å². The number of hydrogen-bond donors (Lipinski definition) is 2. The molecule has 2 N–H and O–H groups in total. The molecule has 4 aromatic rings. The molecule has 8 rings (SSSR count). The maximum Gasteiger partial charge on any atom is 0.305 e. The number of carboxylic acids is 1. The fourth-order valence-corrected chi connectivity index (χ4v) is 9.32. The van der Waals surface area contributed by atoms with Crippen LogP contribution in [0, 0.1) is 23.7 Å². The SMILES string of the molecule is O=C(O)CCN1C(=O)[C@H]2[C@H](CC=C3[C@H]2C[C@H]2C(=O)N(c4cccc(Cl)c4)C(=O)[C@@]2(c2ccccc2)[C@H]3c2c(O)ccc3ccccc23)C1=O. The molecule has 1 saturated carbocycles. The summed E-state index contributed by atoms with van der Waals surface area (Å²) in [6.45, 7) is -0.243. The number of anilines is 1. The summed E-state index contributed by atoms with van der Waals surface area (Å²) in [6, 6.07) is 26.6.